The van der Waals surface area contributed by atoms with Gasteiger partial charge in [0.05, 0.1) is 13.2 Å². The summed E-state index contributed by atoms with van der Waals surface area (Å²) in [5.74, 6) is 0.0239. The molecule has 0 radical (unpaired) electrons. The first-order chi connectivity index (χ1) is 13.7. The highest BCUT2D eigenvalue weighted by Crippen LogP contribution is 2.35. The number of ether oxygens (including phenoxy) is 1. The molecule has 2 aromatic rings. The van der Waals surface area contributed by atoms with Crippen molar-refractivity contribution in [1.29, 1.82) is 0 Å². The summed E-state index contributed by atoms with van der Waals surface area (Å²) in [5.41, 5.74) is 1.39. The molecule has 6 nitrogen and oxygen atoms in total. The Hall–Kier alpha value is -1.90. The van der Waals surface area contributed by atoms with E-state index in [0.29, 0.717) is 12.1 Å². The van der Waals surface area contributed by atoms with Gasteiger partial charge in [-0.2, -0.15) is 0 Å². The molecule has 0 aliphatic carbocycles. The van der Waals surface area contributed by atoms with Gasteiger partial charge in [0.25, 0.3) is 5.91 Å². The zero-order valence-electron chi connectivity index (χ0n) is 16.7. The third-order valence-corrected chi connectivity index (χ3v) is 7.01. The quantitative estimate of drug-likeness (QED) is 0.674. The van der Waals surface area contributed by atoms with Crippen LogP contribution in [0, 0.1) is 0 Å². The summed E-state index contributed by atoms with van der Waals surface area (Å²) in [4.78, 5) is 15.1. The molecule has 1 aliphatic rings. The van der Waals surface area contributed by atoms with Gasteiger partial charge in [-0.05, 0) is 62.6 Å². The van der Waals surface area contributed by atoms with Gasteiger partial charge >= 0.3 is 0 Å². The number of nitrogens with one attached hydrogen (secondary N) is 1. The van der Waals surface area contributed by atoms with Crippen LogP contribution in [-0.4, -0.2) is 38.9 Å². The van der Waals surface area contributed by atoms with Crippen LogP contribution in [0.4, 0.5) is 0 Å². The van der Waals surface area contributed by atoms with Crippen molar-refractivity contribution in [3.05, 3.63) is 58.1 Å². The maximum absolute atomic E-state index is 13.3. The lowest BCUT2D eigenvalue weighted by Crippen LogP contribution is -2.32. The Balaban J connectivity index is 1.96. The second-order valence-electron chi connectivity index (χ2n) is 7.35. The number of sulfonamides is 1. The number of halogens is 1. The van der Waals surface area contributed by atoms with E-state index in [-0.39, 0.29) is 28.6 Å². The highest BCUT2D eigenvalue weighted by Gasteiger charge is 2.32. The van der Waals surface area contributed by atoms with Gasteiger partial charge in [0.15, 0.2) is 0 Å². The summed E-state index contributed by atoms with van der Waals surface area (Å²) in [6.45, 7) is 4.12. The standard InChI is InChI=1S/C21H25BrN2O4S/c1-14(2)23-29(26,27)20-13-16(9-10-19(20)28-3)21(25)24-11-5-8-18(24)15-6-4-7-17(22)12-15/h4,6-7,9-10,12-14,18,23H,5,8,11H2,1-3H3. The predicted octanol–water partition coefficient (Wildman–Crippen LogP) is 4.12. The number of hydrogen-bond acceptors (Lipinski definition) is 4. The molecule has 8 heteroatoms. The van der Waals surface area contributed by atoms with Gasteiger partial charge in [-0.1, -0.05) is 28.1 Å². The first-order valence-electron chi connectivity index (χ1n) is 9.49. The number of benzene rings is 2. The van der Waals surface area contributed by atoms with Crippen molar-refractivity contribution in [2.45, 2.75) is 43.7 Å². The van der Waals surface area contributed by atoms with E-state index in [1.54, 1.807) is 19.9 Å². The lowest BCUT2D eigenvalue weighted by atomic mass is 10.0. The summed E-state index contributed by atoms with van der Waals surface area (Å²) in [6, 6.07) is 12.2. The van der Waals surface area contributed by atoms with Crippen molar-refractivity contribution >= 4 is 31.9 Å². The van der Waals surface area contributed by atoms with Crippen LogP contribution >= 0.6 is 15.9 Å². The fourth-order valence-electron chi connectivity index (χ4n) is 3.63. The number of carbonyl (C=O) groups is 1. The van der Waals surface area contributed by atoms with Gasteiger partial charge in [0.2, 0.25) is 10.0 Å². The van der Waals surface area contributed by atoms with Crippen molar-refractivity contribution in [2.24, 2.45) is 0 Å². The Morgan fingerprint density at radius 3 is 2.66 bits per heavy atom. The third-order valence-electron chi connectivity index (χ3n) is 4.84. The molecule has 0 aromatic heterocycles. The minimum Gasteiger partial charge on any atom is -0.495 e. The van der Waals surface area contributed by atoms with Crippen LogP contribution in [0.2, 0.25) is 0 Å². The van der Waals surface area contributed by atoms with Crippen LogP contribution in [0.5, 0.6) is 5.75 Å². The van der Waals surface area contributed by atoms with E-state index in [4.69, 9.17) is 4.74 Å². The van der Waals surface area contributed by atoms with Crippen LogP contribution in [0.1, 0.15) is 48.7 Å². The van der Waals surface area contributed by atoms with Crippen LogP contribution in [0.15, 0.2) is 51.8 Å². The molecule has 29 heavy (non-hydrogen) atoms. The molecule has 1 fully saturated rings. The largest absolute Gasteiger partial charge is 0.495 e. The number of likely N-dealkylation sites (tertiary alicyclic amines) is 1. The predicted molar refractivity (Wildman–Crippen MR) is 116 cm³/mol. The highest BCUT2D eigenvalue weighted by atomic mass is 79.9. The van der Waals surface area contributed by atoms with E-state index >= 15 is 0 Å². The van der Waals surface area contributed by atoms with E-state index < -0.39 is 10.0 Å². The van der Waals surface area contributed by atoms with Gasteiger partial charge in [-0.3, -0.25) is 4.79 Å². The zero-order chi connectivity index (χ0) is 21.2. The molecule has 2 aromatic carbocycles. The maximum Gasteiger partial charge on any atom is 0.254 e. The Labute approximate surface area is 180 Å². The topological polar surface area (TPSA) is 75.7 Å². The molecule has 1 atom stereocenters. The molecule has 0 bridgehead atoms. The SMILES string of the molecule is COc1ccc(C(=O)N2CCCC2c2cccc(Br)c2)cc1S(=O)(=O)NC(C)C. The van der Waals surface area contributed by atoms with Gasteiger partial charge < -0.3 is 9.64 Å². The van der Waals surface area contributed by atoms with Gasteiger partial charge in [0, 0.05) is 22.6 Å². The Morgan fingerprint density at radius 1 is 1.24 bits per heavy atom. The number of methoxy groups -OCH3 is 1. The van der Waals surface area contributed by atoms with E-state index in [9.17, 15) is 13.2 Å². The Morgan fingerprint density at radius 2 is 2.00 bits per heavy atom. The summed E-state index contributed by atoms with van der Waals surface area (Å²) < 4.78 is 34.2. The first kappa shape index (κ1) is 21.8. The number of rotatable bonds is 6. The average molecular weight is 481 g/mol. The summed E-state index contributed by atoms with van der Waals surface area (Å²) in [5, 5.41) is 0. The first-order valence-corrected chi connectivity index (χ1v) is 11.8. The minimum atomic E-state index is -3.81. The van der Waals surface area contributed by atoms with E-state index in [0.717, 1.165) is 22.9 Å². The zero-order valence-corrected chi connectivity index (χ0v) is 19.1. The lowest BCUT2D eigenvalue weighted by molar-refractivity contribution is 0.0735. The smallest absolute Gasteiger partial charge is 0.254 e. The molecule has 156 valence electrons. The number of amides is 1. The van der Waals surface area contributed by atoms with Crippen LogP contribution in [0.3, 0.4) is 0 Å². The third kappa shape index (κ3) is 4.82. The van der Waals surface area contributed by atoms with E-state index in [1.807, 2.05) is 29.2 Å². The Kier molecular flexibility index (Phi) is 6.65. The fraction of sp³-hybridized carbons (Fsp3) is 0.381. The highest BCUT2D eigenvalue weighted by molar-refractivity contribution is 9.10. The Bertz CT molecular complexity index is 1010. The van der Waals surface area contributed by atoms with Gasteiger partial charge in [-0.15, -0.1) is 0 Å². The van der Waals surface area contributed by atoms with Crippen LogP contribution in [0.25, 0.3) is 0 Å². The molecule has 3 rings (SSSR count). The van der Waals surface area contributed by atoms with Crippen molar-refractivity contribution in [1.82, 2.24) is 9.62 Å². The monoisotopic (exact) mass is 480 g/mol. The molecule has 1 heterocycles. The molecule has 0 saturated carbocycles. The summed E-state index contributed by atoms with van der Waals surface area (Å²) in [7, 11) is -2.39. The van der Waals surface area contributed by atoms with Crippen molar-refractivity contribution in [2.75, 3.05) is 13.7 Å². The second-order valence-corrected chi connectivity index (χ2v) is 9.95. The van der Waals surface area contributed by atoms with Crippen LogP contribution in [-0.2, 0) is 10.0 Å². The molecule has 0 spiro atoms. The molecule has 1 amide bonds. The van der Waals surface area contributed by atoms with Crippen molar-refractivity contribution < 1.29 is 17.9 Å². The lowest BCUT2D eigenvalue weighted by Gasteiger charge is -2.26. The number of nitrogens with zero attached hydrogens (tertiary/aromatic N) is 1. The summed E-state index contributed by atoms with van der Waals surface area (Å²) >= 11 is 3.49. The molecular formula is C21H25BrN2O4S. The van der Waals surface area contributed by atoms with Crippen molar-refractivity contribution in [3.8, 4) is 5.75 Å². The van der Waals surface area contributed by atoms with Gasteiger partial charge in [0.1, 0.15) is 10.6 Å². The molecule has 1 aliphatic heterocycles. The molecule has 1 N–H and O–H groups in total. The van der Waals surface area contributed by atoms with E-state index in [2.05, 4.69) is 20.7 Å². The average Bonchev–Trinajstić information content (AvgIpc) is 3.15. The molecular weight excluding hydrogens is 456 g/mol. The minimum absolute atomic E-state index is 0.0299. The fourth-order valence-corrected chi connectivity index (χ4v) is 5.49. The molecule has 1 unspecified atom stereocenters. The number of carbonyl (C=O) groups excluding carboxylic acids is 1. The van der Waals surface area contributed by atoms with Crippen molar-refractivity contribution in [3.63, 3.8) is 0 Å². The normalized spacial score (nSPS) is 17.0. The number of hydrogen-bond donors (Lipinski definition) is 1. The van der Waals surface area contributed by atoms with E-state index in [1.165, 1.54) is 19.2 Å². The second kappa shape index (κ2) is 8.85. The van der Waals surface area contributed by atoms with Gasteiger partial charge in [-0.25, -0.2) is 13.1 Å². The maximum atomic E-state index is 13.3. The van der Waals surface area contributed by atoms with Crippen LogP contribution < -0.4 is 9.46 Å². The molecule has 1 saturated heterocycles. The summed E-state index contributed by atoms with van der Waals surface area (Å²) in [6.07, 6.45) is 1.78.